The van der Waals surface area contributed by atoms with Crippen LogP contribution in [0.3, 0.4) is 0 Å². The van der Waals surface area contributed by atoms with Crippen LogP contribution in [0.4, 0.5) is 0 Å². The summed E-state index contributed by atoms with van der Waals surface area (Å²) in [6.07, 6.45) is 10.7. The Morgan fingerprint density at radius 1 is 1.33 bits per heavy atom. The fourth-order valence-corrected chi connectivity index (χ4v) is 1.30. The highest BCUT2D eigenvalue weighted by molar-refractivity contribution is 5.17. The topological polar surface area (TPSA) is 4.44 Å². The zero-order chi connectivity index (χ0) is 8.10. The lowest BCUT2D eigenvalue weighted by atomic mass is 10.1. The molecular formula is C10H18FN. The zero-order valence-electron chi connectivity index (χ0n) is 7.94. The third-order valence-corrected chi connectivity index (χ3v) is 2.11. The van der Waals surface area contributed by atoms with Gasteiger partial charge in [0.15, 0.2) is 0 Å². The summed E-state index contributed by atoms with van der Waals surface area (Å²) in [5.41, 5.74) is 1.52. The molecule has 0 amide bonds. The van der Waals surface area contributed by atoms with Gasteiger partial charge in [-0.1, -0.05) is 13.3 Å². The van der Waals surface area contributed by atoms with Gasteiger partial charge in [0.25, 0.3) is 0 Å². The van der Waals surface area contributed by atoms with Crippen molar-refractivity contribution in [1.82, 2.24) is 0 Å². The van der Waals surface area contributed by atoms with Crippen molar-refractivity contribution in [3.05, 3.63) is 24.0 Å². The van der Waals surface area contributed by atoms with Crippen LogP contribution in [0.1, 0.15) is 33.1 Å². The van der Waals surface area contributed by atoms with Gasteiger partial charge >= 0.3 is 0 Å². The molecule has 0 aromatic heterocycles. The Bertz CT molecular complexity index is 173. The fraction of sp³-hybridized carbons (Fsp3) is 0.600. The largest absolute Gasteiger partial charge is 1.00 e. The molecule has 0 aromatic carbocycles. The Morgan fingerprint density at radius 2 is 2.08 bits per heavy atom. The average Bonchev–Trinajstić information content (AvgIpc) is 2.48. The van der Waals surface area contributed by atoms with Crippen molar-refractivity contribution in [3.8, 4) is 0 Å². The molecule has 0 aliphatic carbocycles. The molecule has 0 radical (unpaired) electrons. The van der Waals surface area contributed by atoms with Crippen molar-refractivity contribution in [2.24, 2.45) is 0 Å². The van der Waals surface area contributed by atoms with E-state index in [1.165, 1.54) is 36.3 Å². The molecule has 12 heavy (non-hydrogen) atoms. The minimum atomic E-state index is 0. The van der Waals surface area contributed by atoms with E-state index in [1.807, 2.05) is 0 Å². The van der Waals surface area contributed by atoms with Crippen LogP contribution in [0.25, 0.3) is 0 Å². The highest BCUT2D eigenvalue weighted by Crippen LogP contribution is 2.08. The molecule has 0 fully saturated rings. The molecule has 1 aliphatic heterocycles. The summed E-state index contributed by atoms with van der Waals surface area (Å²) in [5.74, 6) is 0. The summed E-state index contributed by atoms with van der Waals surface area (Å²) in [7, 11) is 0. The van der Waals surface area contributed by atoms with Gasteiger partial charge in [-0.15, -0.1) is 0 Å². The van der Waals surface area contributed by atoms with E-state index in [2.05, 4.69) is 32.3 Å². The predicted molar refractivity (Wildman–Crippen MR) is 48.3 cm³/mol. The number of halogens is 1. The highest BCUT2D eigenvalue weighted by atomic mass is 19.0. The summed E-state index contributed by atoms with van der Waals surface area (Å²) in [5, 5.41) is 0. The SMILES string of the molecule is CCCCC1=C[NH+](CC)C=C1.[F-]. The number of quaternary nitrogens is 1. The van der Waals surface area contributed by atoms with Crippen molar-refractivity contribution in [3.63, 3.8) is 0 Å². The molecule has 70 valence electrons. The average molecular weight is 171 g/mol. The highest BCUT2D eigenvalue weighted by Gasteiger charge is 2.07. The first-order valence-corrected chi connectivity index (χ1v) is 4.61. The molecule has 0 saturated carbocycles. The monoisotopic (exact) mass is 171 g/mol. The van der Waals surface area contributed by atoms with E-state index in [0.717, 1.165) is 0 Å². The van der Waals surface area contributed by atoms with Gasteiger partial charge in [-0.05, 0) is 19.8 Å². The Hall–Kier alpha value is -0.630. The van der Waals surface area contributed by atoms with Crippen LogP contribution in [0, 0.1) is 0 Å². The summed E-state index contributed by atoms with van der Waals surface area (Å²) >= 11 is 0. The second-order valence-corrected chi connectivity index (χ2v) is 3.08. The lowest BCUT2D eigenvalue weighted by Gasteiger charge is -2.00. The second-order valence-electron chi connectivity index (χ2n) is 3.08. The van der Waals surface area contributed by atoms with E-state index in [1.54, 1.807) is 0 Å². The second kappa shape index (κ2) is 5.95. The van der Waals surface area contributed by atoms with Gasteiger partial charge in [0.2, 0.25) is 0 Å². The lowest BCUT2D eigenvalue weighted by molar-refractivity contribution is -0.785. The van der Waals surface area contributed by atoms with Gasteiger partial charge in [0, 0.05) is 11.6 Å². The van der Waals surface area contributed by atoms with Gasteiger partial charge < -0.3 is 4.70 Å². The standard InChI is InChI=1S/C10H17N.FH/c1-3-5-6-10-7-8-11(4-2)9-10;/h7-9H,3-6H2,1-2H3;1H. The smallest absolute Gasteiger partial charge is 0.102 e. The number of hydrogen-bond acceptors (Lipinski definition) is 0. The zero-order valence-corrected chi connectivity index (χ0v) is 7.94. The maximum absolute atomic E-state index is 2.33. The molecule has 1 N–H and O–H groups in total. The normalized spacial score (nSPS) is 20.5. The maximum Gasteiger partial charge on any atom is 0.102 e. The van der Waals surface area contributed by atoms with Crippen LogP contribution >= 0.6 is 0 Å². The molecule has 1 atom stereocenters. The van der Waals surface area contributed by atoms with Crippen molar-refractivity contribution in [2.45, 2.75) is 33.1 Å². The van der Waals surface area contributed by atoms with E-state index in [9.17, 15) is 0 Å². The predicted octanol–water partition coefficient (Wildman–Crippen LogP) is -1.50. The van der Waals surface area contributed by atoms with Crippen LogP contribution in [0.5, 0.6) is 0 Å². The summed E-state index contributed by atoms with van der Waals surface area (Å²) in [6, 6.07) is 0. The Morgan fingerprint density at radius 3 is 2.58 bits per heavy atom. The fourth-order valence-electron chi connectivity index (χ4n) is 1.30. The van der Waals surface area contributed by atoms with Gasteiger partial charge in [-0.2, -0.15) is 0 Å². The molecule has 1 aliphatic rings. The molecule has 1 rings (SSSR count). The molecular weight excluding hydrogens is 153 g/mol. The third kappa shape index (κ3) is 3.18. The molecule has 0 aromatic rings. The molecule has 0 saturated heterocycles. The molecule has 0 spiro atoms. The van der Waals surface area contributed by atoms with E-state index < -0.39 is 0 Å². The summed E-state index contributed by atoms with van der Waals surface area (Å²) in [4.78, 5) is 1.48. The van der Waals surface area contributed by atoms with Crippen LogP contribution in [-0.4, -0.2) is 6.54 Å². The van der Waals surface area contributed by atoms with Gasteiger partial charge in [-0.3, -0.25) is 4.90 Å². The summed E-state index contributed by atoms with van der Waals surface area (Å²) in [6.45, 7) is 5.62. The first-order valence-electron chi connectivity index (χ1n) is 4.61. The maximum atomic E-state index is 2.33. The quantitative estimate of drug-likeness (QED) is 0.525. The number of unbranched alkanes of at least 4 members (excludes halogenated alkanes) is 1. The van der Waals surface area contributed by atoms with Crippen molar-refractivity contribution in [1.29, 1.82) is 0 Å². The van der Waals surface area contributed by atoms with Gasteiger partial charge in [0.1, 0.15) is 6.20 Å². The number of hydrogen-bond donors (Lipinski definition) is 1. The lowest BCUT2D eigenvalue weighted by Crippen LogP contribution is -3.01. The minimum Gasteiger partial charge on any atom is -1.00 e. The Labute approximate surface area is 74.1 Å². The van der Waals surface area contributed by atoms with E-state index in [-0.39, 0.29) is 4.70 Å². The first-order chi connectivity index (χ1) is 5.36. The van der Waals surface area contributed by atoms with Gasteiger partial charge in [-0.25, -0.2) is 0 Å². The van der Waals surface area contributed by atoms with Crippen molar-refractivity contribution in [2.75, 3.05) is 6.54 Å². The number of nitrogens with one attached hydrogen (secondary N) is 1. The third-order valence-electron chi connectivity index (χ3n) is 2.11. The van der Waals surface area contributed by atoms with Crippen LogP contribution < -0.4 is 9.60 Å². The Kier molecular flexibility index (Phi) is 5.64. The molecule has 1 unspecified atom stereocenters. The molecule has 1 nitrogen and oxygen atoms in total. The first kappa shape index (κ1) is 11.4. The van der Waals surface area contributed by atoms with Crippen LogP contribution in [0.15, 0.2) is 24.0 Å². The van der Waals surface area contributed by atoms with Crippen molar-refractivity contribution < 1.29 is 9.60 Å². The van der Waals surface area contributed by atoms with E-state index >= 15 is 0 Å². The Balaban J connectivity index is 0.00000121. The van der Waals surface area contributed by atoms with Crippen molar-refractivity contribution >= 4 is 0 Å². The molecule has 0 bridgehead atoms. The van der Waals surface area contributed by atoms with E-state index in [4.69, 9.17) is 0 Å². The minimum absolute atomic E-state index is 0. The van der Waals surface area contributed by atoms with Gasteiger partial charge in [0.05, 0.1) is 12.7 Å². The number of rotatable bonds is 4. The van der Waals surface area contributed by atoms with Crippen LogP contribution in [-0.2, 0) is 0 Å². The molecule has 2 heteroatoms. The van der Waals surface area contributed by atoms with E-state index in [0.29, 0.717) is 0 Å². The summed E-state index contributed by atoms with van der Waals surface area (Å²) < 4.78 is 0. The number of allylic oxidation sites excluding steroid dienone is 2. The van der Waals surface area contributed by atoms with Crippen LogP contribution in [0.2, 0.25) is 0 Å². The molecule has 1 heterocycles.